The molecule has 2 amide bonds. The number of hydrogen-bond donors (Lipinski definition) is 2. The molecule has 0 saturated carbocycles. The molecule has 0 bridgehead atoms. The molecular formula is C11H19N3O. The highest BCUT2D eigenvalue weighted by Gasteiger charge is 2.00. The number of amides is 2. The number of rotatable bonds is 1. The van der Waals surface area contributed by atoms with E-state index >= 15 is 0 Å². The lowest BCUT2D eigenvalue weighted by molar-refractivity contribution is 0.254. The van der Waals surface area contributed by atoms with Gasteiger partial charge in [-0.3, -0.25) is 5.32 Å². The van der Waals surface area contributed by atoms with Gasteiger partial charge in [-0.2, -0.15) is 0 Å². The highest BCUT2D eigenvalue weighted by molar-refractivity contribution is 5.87. The molecule has 0 saturated heterocycles. The average Bonchev–Trinajstić information content (AvgIpc) is 2.26. The molecule has 0 aliphatic carbocycles. The van der Waals surface area contributed by atoms with E-state index in [-0.39, 0.29) is 6.03 Å². The minimum absolute atomic E-state index is 0.254. The van der Waals surface area contributed by atoms with Crippen LogP contribution in [0, 0.1) is 13.8 Å². The van der Waals surface area contributed by atoms with Crippen LogP contribution in [0.25, 0.3) is 0 Å². The van der Waals surface area contributed by atoms with Gasteiger partial charge in [0.1, 0.15) is 5.82 Å². The summed E-state index contributed by atoms with van der Waals surface area (Å²) in [5.74, 6) is 0.572. The molecule has 0 aliphatic rings. The van der Waals surface area contributed by atoms with Crippen LogP contribution in [0.15, 0.2) is 12.1 Å². The van der Waals surface area contributed by atoms with Crippen LogP contribution in [0.5, 0.6) is 0 Å². The zero-order valence-corrected chi connectivity index (χ0v) is 10.0. The third kappa shape index (κ3) is 4.44. The quantitative estimate of drug-likeness (QED) is 0.746. The van der Waals surface area contributed by atoms with Gasteiger partial charge in [-0.1, -0.05) is 19.9 Å². The predicted molar refractivity (Wildman–Crippen MR) is 63.1 cm³/mol. The van der Waals surface area contributed by atoms with Crippen molar-refractivity contribution in [3.05, 3.63) is 23.4 Å². The van der Waals surface area contributed by atoms with Crippen molar-refractivity contribution in [2.24, 2.45) is 0 Å². The number of hydrogen-bond acceptors (Lipinski definition) is 2. The summed E-state index contributed by atoms with van der Waals surface area (Å²) < 4.78 is 0. The number of carbonyl (C=O) groups excluding carboxylic acids is 1. The molecule has 84 valence electrons. The Bertz CT molecular complexity index is 324. The maximum absolute atomic E-state index is 10.9. The van der Waals surface area contributed by atoms with Crippen LogP contribution in [0.2, 0.25) is 0 Å². The molecule has 1 rings (SSSR count). The number of nitrogens with one attached hydrogen (secondary N) is 2. The first-order chi connectivity index (χ1) is 7.13. The molecule has 1 aromatic rings. The maximum atomic E-state index is 10.9. The number of aryl methyl sites for hydroxylation is 2. The summed E-state index contributed by atoms with van der Waals surface area (Å²) in [7, 11) is 1.57. The number of urea groups is 1. The standard InChI is InChI=1S/C9H13N3O.C2H6/c1-6-4-5-8(11-7(6)2)12-9(13)10-3;1-2/h4-5H,1-3H3,(H2,10,11,12,13);1-2H3. The van der Waals surface area contributed by atoms with Crippen molar-refractivity contribution < 1.29 is 4.79 Å². The van der Waals surface area contributed by atoms with E-state index in [1.165, 1.54) is 0 Å². The van der Waals surface area contributed by atoms with Crippen LogP contribution in [-0.4, -0.2) is 18.1 Å². The smallest absolute Gasteiger partial charge is 0.320 e. The Hall–Kier alpha value is -1.58. The number of carbonyl (C=O) groups is 1. The maximum Gasteiger partial charge on any atom is 0.320 e. The summed E-state index contributed by atoms with van der Waals surface area (Å²) >= 11 is 0. The SMILES string of the molecule is CC.CNC(=O)Nc1ccc(C)c(C)n1. The van der Waals surface area contributed by atoms with E-state index in [1.807, 2.05) is 33.8 Å². The minimum atomic E-state index is -0.254. The lowest BCUT2D eigenvalue weighted by Crippen LogP contribution is -2.25. The molecule has 2 N–H and O–H groups in total. The van der Waals surface area contributed by atoms with E-state index in [9.17, 15) is 4.79 Å². The second-order valence-electron chi connectivity index (χ2n) is 2.80. The average molecular weight is 209 g/mol. The van der Waals surface area contributed by atoms with Crippen molar-refractivity contribution in [3.63, 3.8) is 0 Å². The Morgan fingerprint density at radius 3 is 2.33 bits per heavy atom. The zero-order chi connectivity index (χ0) is 11.8. The van der Waals surface area contributed by atoms with E-state index in [4.69, 9.17) is 0 Å². The van der Waals surface area contributed by atoms with Gasteiger partial charge in [-0.15, -0.1) is 0 Å². The van der Waals surface area contributed by atoms with Gasteiger partial charge < -0.3 is 5.32 Å². The van der Waals surface area contributed by atoms with Gasteiger partial charge in [0.25, 0.3) is 0 Å². The summed E-state index contributed by atoms with van der Waals surface area (Å²) in [5.41, 5.74) is 2.04. The van der Waals surface area contributed by atoms with E-state index in [1.54, 1.807) is 13.1 Å². The largest absolute Gasteiger partial charge is 0.341 e. The van der Waals surface area contributed by atoms with Crippen molar-refractivity contribution in [2.75, 3.05) is 12.4 Å². The topological polar surface area (TPSA) is 54.0 Å². The molecular weight excluding hydrogens is 190 g/mol. The summed E-state index contributed by atoms with van der Waals surface area (Å²) in [5, 5.41) is 5.06. The fraction of sp³-hybridized carbons (Fsp3) is 0.455. The number of aromatic nitrogens is 1. The molecule has 0 unspecified atom stereocenters. The van der Waals surface area contributed by atoms with Gasteiger partial charge in [-0.25, -0.2) is 9.78 Å². The lowest BCUT2D eigenvalue weighted by atomic mass is 10.2. The second kappa shape index (κ2) is 6.81. The van der Waals surface area contributed by atoms with Crippen molar-refractivity contribution >= 4 is 11.8 Å². The molecule has 0 fully saturated rings. The fourth-order valence-electron chi connectivity index (χ4n) is 0.879. The normalized spacial score (nSPS) is 8.60. The third-order valence-corrected chi connectivity index (χ3v) is 1.82. The van der Waals surface area contributed by atoms with Crippen LogP contribution >= 0.6 is 0 Å². The van der Waals surface area contributed by atoms with Gasteiger partial charge in [0.2, 0.25) is 0 Å². The van der Waals surface area contributed by atoms with Gasteiger partial charge >= 0.3 is 6.03 Å². The molecule has 0 spiro atoms. The Morgan fingerprint density at radius 2 is 1.87 bits per heavy atom. The highest BCUT2D eigenvalue weighted by Crippen LogP contribution is 2.08. The molecule has 4 nitrogen and oxygen atoms in total. The Labute approximate surface area is 91.1 Å². The zero-order valence-electron chi connectivity index (χ0n) is 10.0. The van der Waals surface area contributed by atoms with E-state index in [2.05, 4.69) is 15.6 Å². The third-order valence-electron chi connectivity index (χ3n) is 1.82. The van der Waals surface area contributed by atoms with Crippen molar-refractivity contribution in [1.82, 2.24) is 10.3 Å². The molecule has 4 heteroatoms. The molecule has 1 heterocycles. The molecule has 1 aromatic heterocycles. The van der Waals surface area contributed by atoms with Crippen LogP contribution in [-0.2, 0) is 0 Å². The first-order valence-electron chi connectivity index (χ1n) is 5.06. The first kappa shape index (κ1) is 13.4. The highest BCUT2D eigenvalue weighted by atomic mass is 16.2. The van der Waals surface area contributed by atoms with Crippen molar-refractivity contribution in [3.8, 4) is 0 Å². The number of nitrogens with zero attached hydrogens (tertiary/aromatic N) is 1. The Morgan fingerprint density at radius 1 is 1.27 bits per heavy atom. The van der Waals surface area contributed by atoms with E-state index < -0.39 is 0 Å². The summed E-state index contributed by atoms with van der Waals surface area (Å²) in [6.45, 7) is 7.89. The van der Waals surface area contributed by atoms with Crippen LogP contribution in [0.1, 0.15) is 25.1 Å². The van der Waals surface area contributed by atoms with E-state index in [0.29, 0.717) is 5.82 Å². The fourth-order valence-corrected chi connectivity index (χ4v) is 0.879. The number of pyridine rings is 1. The second-order valence-corrected chi connectivity index (χ2v) is 2.80. The molecule has 15 heavy (non-hydrogen) atoms. The van der Waals surface area contributed by atoms with Gasteiger partial charge in [0.15, 0.2) is 0 Å². The van der Waals surface area contributed by atoms with Crippen LogP contribution in [0.4, 0.5) is 10.6 Å². The van der Waals surface area contributed by atoms with E-state index in [0.717, 1.165) is 11.3 Å². The molecule has 0 aliphatic heterocycles. The monoisotopic (exact) mass is 209 g/mol. The van der Waals surface area contributed by atoms with Crippen molar-refractivity contribution in [2.45, 2.75) is 27.7 Å². The lowest BCUT2D eigenvalue weighted by Gasteiger charge is -2.05. The Balaban J connectivity index is 0.000000921. The first-order valence-corrected chi connectivity index (χ1v) is 5.06. The minimum Gasteiger partial charge on any atom is -0.341 e. The van der Waals surface area contributed by atoms with Crippen LogP contribution in [0.3, 0.4) is 0 Å². The molecule has 0 atom stereocenters. The molecule has 0 aromatic carbocycles. The Kier molecular flexibility index (Phi) is 6.09. The van der Waals surface area contributed by atoms with Gasteiger partial charge in [-0.05, 0) is 25.5 Å². The predicted octanol–water partition coefficient (Wildman–Crippen LogP) is 2.48. The summed E-state index contributed by atoms with van der Waals surface area (Å²) in [6.07, 6.45) is 0. The van der Waals surface area contributed by atoms with Gasteiger partial charge in [0.05, 0.1) is 0 Å². The summed E-state index contributed by atoms with van der Waals surface area (Å²) in [4.78, 5) is 15.1. The van der Waals surface area contributed by atoms with Crippen LogP contribution < -0.4 is 10.6 Å². The summed E-state index contributed by atoms with van der Waals surface area (Å²) in [6, 6.07) is 3.45. The van der Waals surface area contributed by atoms with Crippen molar-refractivity contribution in [1.29, 1.82) is 0 Å². The number of anilines is 1. The van der Waals surface area contributed by atoms with Gasteiger partial charge in [0, 0.05) is 12.7 Å². The molecule has 0 radical (unpaired) electrons.